The molecule has 172 valence electrons. The van der Waals surface area contributed by atoms with Crippen LogP contribution in [0.1, 0.15) is 32.1 Å². The molecule has 0 bridgehead atoms. The number of nitrogens with one attached hydrogen (secondary N) is 1. The SMILES string of the molecule is CCN1CCC(S(=O)(=O)Nc2ccccc2)CC1.FC(F)c1nnc(-c2cccnc2)o1. The molecule has 0 spiro atoms. The molecule has 3 heterocycles. The van der Waals surface area contributed by atoms with Crippen LogP contribution in [0.5, 0.6) is 0 Å². The maximum absolute atomic E-state index is 12.2. The molecule has 32 heavy (non-hydrogen) atoms. The van der Waals surface area contributed by atoms with E-state index >= 15 is 0 Å². The zero-order valence-corrected chi connectivity index (χ0v) is 18.4. The van der Waals surface area contributed by atoms with Crippen LogP contribution < -0.4 is 4.72 Å². The summed E-state index contributed by atoms with van der Waals surface area (Å²) in [7, 11) is -3.24. The van der Waals surface area contributed by atoms with Gasteiger partial charge in [-0.3, -0.25) is 9.71 Å². The summed E-state index contributed by atoms with van der Waals surface area (Å²) in [6, 6.07) is 12.4. The maximum atomic E-state index is 12.2. The molecule has 0 aliphatic carbocycles. The number of piperidine rings is 1. The standard InChI is InChI=1S/C13H20N2O2S.C8H5F2N3O/c1-2-15-10-8-13(9-11-15)18(16,17)14-12-6-4-3-5-7-12;9-6(10)8-13-12-7(14-8)5-2-1-3-11-4-5/h3-7,13-14H,2,8-11H2,1H3;1-4,6H. The van der Waals surface area contributed by atoms with Crippen molar-refractivity contribution in [2.24, 2.45) is 0 Å². The fourth-order valence-corrected chi connectivity index (χ4v) is 4.68. The van der Waals surface area contributed by atoms with Crippen LogP contribution in [0.2, 0.25) is 0 Å². The largest absolute Gasteiger partial charge is 0.415 e. The summed E-state index contributed by atoms with van der Waals surface area (Å²) in [6.45, 7) is 4.85. The third kappa shape index (κ3) is 6.54. The molecule has 1 aromatic carbocycles. The molecule has 0 saturated carbocycles. The van der Waals surface area contributed by atoms with E-state index in [2.05, 4.69) is 31.7 Å². The van der Waals surface area contributed by atoms with Crippen LogP contribution in [0.4, 0.5) is 14.5 Å². The van der Waals surface area contributed by atoms with Gasteiger partial charge in [-0.25, -0.2) is 8.42 Å². The van der Waals surface area contributed by atoms with Gasteiger partial charge in [0.15, 0.2) is 0 Å². The fourth-order valence-electron chi connectivity index (χ4n) is 3.22. The molecular formula is C21H25F2N5O3S. The van der Waals surface area contributed by atoms with E-state index in [0.717, 1.165) is 32.5 Å². The first-order valence-electron chi connectivity index (χ1n) is 10.2. The third-order valence-corrected chi connectivity index (χ3v) is 6.86. The molecule has 1 aliphatic heterocycles. The zero-order chi connectivity index (χ0) is 23.0. The van der Waals surface area contributed by atoms with Crippen LogP contribution in [0.15, 0.2) is 59.3 Å². The number of pyridine rings is 1. The number of hydrogen-bond donors (Lipinski definition) is 1. The summed E-state index contributed by atoms with van der Waals surface area (Å²) in [6.07, 6.45) is 1.72. The van der Waals surface area contributed by atoms with Gasteiger partial charge in [-0.1, -0.05) is 25.1 Å². The second kappa shape index (κ2) is 11.1. The summed E-state index contributed by atoms with van der Waals surface area (Å²) in [5.74, 6) is -0.628. The summed E-state index contributed by atoms with van der Waals surface area (Å²) in [5, 5.41) is 6.41. The van der Waals surface area contributed by atoms with Crippen molar-refractivity contribution in [3.05, 3.63) is 60.7 Å². The molecule has 3 aromatic rings. The molecule has 0 atom stereocenters. The number of likely N-dealkylation sites (tertiary alicyclic amines) is 1. The second-order valence-corrected chi connectivity index (χ2v) is 9.10. The second-order valence-electron chi connectivity index (χ2n) is 7.13. The van der Waals surface area contributed by atoms with Gasteiger partial charge in [0, 0.05) is 18.1 Å². The van der Waals surface area contributed by atoms with Gasteiger partial charge >= 0.3 is 6.43 Å². The van der Waals surface area contributed by atoms with E-state index in [9.17, 15) is 17.2 Å². The van der Waals surface area contributed by atoms with E-state index in [4.69, 9.17) is 4.42 Å². The normalized spacial score (nSPS) is 15.2. The van der Waals surface area contributed by atoms with Gasteiger partial charge in [0.05, 0.1) is 10.8 Å². The number of halogens is 2. The van der Waals surface area contributed by atoms with Crippen LogP contribution in [0.3, 0.4) is 0 Å². The number of anilines is 1. The Balaban J connectivity index is 0.000000186. The number of rotatable bonds is 6. The highest BCUT2D eigenvalue weighted by Crippen LogP contribution is 2.22. The lowest BCUT2D eigenvalue weighted by Crippen LogP contribution is -2.41. The van der Waals surface area contributed by atoms with E-state index in [1.807, 2.05) is 18.2 Å². The predicted molar refractivity (Wildman–Crippen MR) is 117 cm³/mol. The van der Waals surface area contributed by atoms with E-state index < -0.39 is 22.3 Å². The average molecular weight is 466 g/mol. The number of hydrogen-bond acceptors (Lipinski definition) is 7. The van der Waals surface area contributed by atoms with Crippen LogP contribution >= 0.6 is 0 Å². The average Bonchev–Trinajstić information content (AvgIpc) is 3.31. The van der Waals surface area contributed by atoms with Gasteiger partial charge in [0.2, 0.25) is 15.9 Å². The van der Waals surface area contributed by atoms with E-state index in [-0.39, 0.29) is 11.1 Å². The molecule has 0 radical (unpaired) electrons. The van der Waals surface area contributed by atoms with Crippen molar-refractivity contribution in [3.63, 3.8) is 0 Å². The number of nitrogens with zero attached hydrogens (tertiary/aromatic N) is 4. The van der Waals surface area contributed by atoms with Crippen molar-refractivity contribution in [2.75, 3.05) is 24.4 Å². The van der Waals surface area contributed by atoms with Crippen molar-refractivity contribution in [3.8, 4) is 11.5 Å². The number of sulfonamides is 1. The number of para-hydroxylation sites is 1. The van der Waals surface area contributed by atoms with E-state index in [1.54, 1.807) is 30.5 Å². The van der Waals surface area contributed by atoms with Crippen molar-refractivity contribution in [2.45, 2.75) is 31.4 Å². The zero-order valence-electron chi connectivity index (χ0n) is 17.6. The van der Waals surface area contributed by atoms with Crippen LogP contribution in [-0.2, 0) is 10.0 Å². The summed E-state index contributed by atoms with van der Waals surface area (Å²) in [4.78, 5) is 6.09. The Bertz CT molecular complexity index is 1060. The van der Waals surface area contributed by atoms with Gasteiger partial charge in [-0.2, -0.15) is 8.78 Å². The molecule has 1 aliphatic rings. The summed E-state index contributed by atoms with van der Waals surface area (Å²) < 4.78 is 56.0. The minimum Gasteiger partial charge on any atom is -0.415 e. The number of alkyl halides is 2. The van der Waals surface area contributed by atoms with Gasteiger partial charge < -0.3 is 9.32 Å². The monoisotopic (exact) mass is 465 g/mol. The van der Waals surface area contributed by atoms with Gasteiger partial charge in [0.25, 0.3) is 5.89 Å². The lowest BCUT2D eigenvalue weighted by molar-refractivity contribution is 0.116. The molecule has 11 heteroatoms. The molecule has 1 N–H and O–H groups in total. The van der Waals surface area contributed by atoms with Crippen molar-refractivity contribution < 1.29 is 21.6 Å². The van der Waals surface area contributed by atoms with Gasteiger partial charge in [0.1, 0.15) is 0 Å². The molecular weight excluding hydrogens is 440 g/mol. The number of aromatic nitrogens is 3. The third-order valence-electron chi connectivity index (χ3n) is 4.99. The number of benzene rings is 1. The molecule has 0 amide bonds. The molecule has 4 rings (SSSR count). The fraction of sp³-hybridized carbons (Fsp3) is 0.381. The Hall–Kier alpha value is -2.92. The van der Waals surface area contributed by atoms with Crippen LogP contribution in [0, 0.1) is 0 Å². The first-order valence-corrected chi connectivity index (χ1v) is 11.7. The van der Waals surface area contributed by atoms with Crippen molar-refractivity contribution in [1.82, 2.24) is 20.1 Å². The minimum absolute atomic E-state index is 0.0494. The van der Waals surface area contributed by atoms with Gasteiger partial charge in [-0.15, -0.1) is 10.2 Å². The predicted octanol–water partition coefficient (Wildman–Crippen LogP) is 3.98. The molecule has 1 saturated heterocycles. The molecule has 0 unspecified atom stereocenters. The Labute approximate surface area is 185 Å². The summed E-state index contributed by atoms with van der Waals surface area (Å²) >= 11 is 0. The first kappa shape index (κ1) is 23.7. The Morgan fingerprint density at radius 3 is 2.41 bits per heavy atom. The Kier molecular flexibility index (Phi) is 8.23. The van der Waals surface area contributed by atoms with Crippen molar-refractivity contribution in [1.29, 1.82) is 0 Å². The van der Waals surface area contributed by atoms with Gasteiger partial charge in [-0.05, 0) is 56.7 Å². The lowest BCUT2D eigenvalue weighted by atomic mass is 10.1. The van der Waals surface area contributed by atoms with E-state index in [0.29, 0.717) is 11.3 Å². The van der Waals surface area contributed by atoms with E-state index in [1.165, 1.54) is 6.20 Å². The Morgan fingerprint density at radius 2 is 1.84 bits per heavy atom. The smallest absolute Gasteiger partial charge is 0.314 e. The highest BCUT2D eigenvalue weighted by Gasteiger charge is 2.29. The lowest BCUT2D eigenvalue weighted by Gasteiger charge is -2.30. The van der Waals surface area contributed by atoms with Crippen LogP contribution in [0.25, 0.3) is 11.5 Å². The quantitative estimate of drug-likeness (QED) is 0.588. The Morgan fingerprint density at radius 1 is 1.12 bits per heavy atom. The highest BCUT2D eigenvalue weighted by atomic mass is 32.2. The topological polar surface area (TPSA) is 101 Å². The summed E-state index contributed by atoms with van der Waals surface area (Å²) in [5.41, 5.74) is 1.17. The molecule has 2 aromatic heterocycles. The maximum Gasteiger partial charge on any atom is 0.314 e. The van der Waals surface area contributed by atoms with Crippen molar-refractivity contribution >= 4 is 15.7 Å². The molecule has 1 fully saturated rings. The van der Waals surface area contributed by atoms with Crippen LogP contribution in [-0.4, -0.2) is 53.4 Å². The highest BCUT2D eigenvalue weighted by molar-refractivity contribution is 7.93. The minimum atomic E-state index is -3.24. The molecule has 8 nitrogen and oxygen atoms in total. The first-order chi connectivity index (χ1) is 15.4.